The Morgan fingerprint density at radius 2 is 2.08 bits per heavy atom. The Kier molecular flexibility index (Phi) is 5.07. The molecule has 3 N–H and O–H groups in total. The Labute approximate surface area is 71.0 Å². The summed E-state index contributed by atoms with van der Waals surface area (Å²) in [5.74, 6) is -0.833. The third-order valence-electron chi connectivity index (χ3n) is 1.13. The normalized spacial score (nSPS) is 13.1. The van der Waals surface area contributed by atoms with Crippen LogP contribution in [-0.2, 0) is 4.79 Å². The second-order valence-electron chi connectivity index (χ2n) is 2.27. The smallest absolute Gasteiger partial charge is 0.481 e. The fourth-order valence-corrected chi connectivity index (χ4v) is 0.655. The van der Waals surface area contributed by atoms with E-state index in [0.29, 0.717) is 11.9 Å². The van der Waals surface area contributed by atoms with Crippen LogP contribution < -0.4 is 0 Å². The van der Waals surface area contributed by atoms with Crippen LogP contribution in [0.5, 0.6) is 0 Å². The van der Waals surface area contributed by atoms with Gasteiger partial charge in [-0.25, -0.2) is 0 Å². The lowest BCUT2D eigenvalue weighted by atomic mass is 9.79. The number of allylic oxidation sites excluding steroid dienone is 4. The van der Waals surface area contributed by atoms with Gasteiger partial charge in [-0.3, -0.25) is 4.79 Å². The van der Waals surface area contributed by atoms with Gasteiger partial charge in [0.2, 0.25) is 0 Å². The number of carbonyl (C=O) groups is 1. The van der Waals surface area contributed by atoms with E-state index in [1.165, 1.54) is 0 Å². The first-order valence-corrected chi connectivity index (χ1v) is 3.45. The molecule has 0 heterocycles. The van der Waals surface area contributed by atoms with Crippen molar-refractivity contribution in [3.63, 3.8) is 0 Å². The van der Waals surface area contributed by atoms with Gasteiger partial charge in [-0.1, -0.05) is 18.2 Å². The fraction of sp³-hybridized carbons (Fsp3) is 0.286. The number of hydrogen-bond donors (Lipinski definition) is 3. The van der Waals surface area contributed by atoms with E-state index >= 15 is 0 Å². The summed E-state index contributed by atoms with van der Waals surface area (Å²) in [5, 5.41) is 24.4. The average molecular weight is 170 g/mol. The van der Waals surface area contributed by atoms with E-state index in [1.807, 2.05) is 12.2 Å². The highest BCUT2D eigenvalue weighted by Crippen LogP contribution is 2.09. The van der Waals surface area contributed by atoms with Crippen molar-refractivity contribution in [2.45, 2.75) is 13.3 Å². The molecule has 0 aromatic rings. The SMILES string of the molecule is CC(=O)O.OB(O)C1=CC=CC1. The summed E-state index contributed by atoms with van der Waals surface area (Å²) < 4.78 is 0. The molecule has 0 fully saturated rings. The minimum atomic E-state index is -1.26. The topological polar surface area (TPSA) is 77.8 Å². The predicted octanol–water partition coefficient (Wildman–Crippen LogP) is -0.0244. The van der Waals surface area contributed by atoms with E-state index in [0.717, 1.165) is 6.92 Å². The third-order valence-corrected chi connectivity index (χ3v) is 1.13. The van der Waals surface area contributed by atoms with Crippen LogP contribution in [0.4, 0.5) is 0 Å². The summed E-state index contributed by atoms with van der Waals surface area (Å²) in [6, 6.07) is 0. The van der Waals surface area contributed by atoms with Crippen molar-refractivity contribution in [1.82, 2.24) is 0 Å². The molecule has 5 heteroatoms. The molecule has 66 valence electrons. The highest BCUT2D eigenvalue weighted by atomic mass is 16.4. The third kappa shape index (κ3) is 5.70. The van der Waals surface area contributed by atoms with Crippen LogP contribution in [0.25, 0.3) is 0 Å². The highest BCUT2D eigenvalue weighted by molar-refractivity contribution is 6.50. The average Bonchev–Trinajstić information content (AvgIpc) is 2.34. The van der Waals surface area contributed by atoms with Gasteiger partial charge in [0, 0.05) is 6.92 Å². The van der Waals surface area contributed by atoms with Crippen LogP contribution in [0, 0.1) is 0 Å². The summed E-state index contributed by atoms with van der Waals surface area (Å²) in [6.45, 7) is 1.08. The Morgan fingerprint density at radius 3 is 2.25 bits per heavy atom. The molecule has 0 aliphatic heterocycles. The number of aliphatic carboxylic acids is 1. The monoisotopic (exact) mass is 170 g/mol. The molecular formula is C7H11BO4. The summed E-state index contributed by atoms with van der Waals surface area (Å²) in [7, 11) is -1.26. The zero-order valence-electron chi connectivity index (χ0n) is 6.77. The molecule has 0 bridgehead atoms. The molecule has 0 spiro atoms. The number of carboxylic acids is 1. The number of carboxylic acid groups (broad SMARTS) is 1. The summed E-state index contributed by atoms with van der Waals surface area (Å²) in [4.78, 5) is 9.00. The summed E-state index contributed by atoms with van der Waals surface area (Å²) in [6.07, 6.45) is 6.09. The van der Waals surface area contributed by atoms with Crippen molar-refractivity contribution in [1.29, 1.82) is 0 Å². The van der Waals surface area contributed by atoms with Crippen molar-refractivity contribution in [2.24, 2.45) is 0 Å². The molecule has 0 saturated carbocycles. The van der Waals surface area contributed by atoms with Gasteiger partial charge in [-0.05, 0) is 11.9 Å². The minimum Gasteiger partial charge on any atom is -0.481 e. The van der Waals surface area contributed by atoms with Crippen LogP contribution in [0.3, 0.4) is 0 Å². The predicted molar refractivity (Wildman–Crippen MR) is 45.3 cm³/mol. The molecular weight excluding hydrogens is 159 g/mol. The van der Waals surface area contributed by atoms with Crippen LogP contribution in [0.15, 0.2) is 23.7 Å². The van der Waals surface area contributed by atoms with Crippen molar-refractivity contribution >= 4 is 13.1 Å². The molecule has 0 amide bonds. The second-order valence-corrected chi connectivity index (χ2v) is 2.27. The van der Waals surface area contributed by atoms with Gasteiger partial charge in [0.25, 0.3) is 5.97 Å². The highest BCUT2D eigenvalue weighted by Gasteiger charge is 2.13. The maximum atomic E-state index is 9.00. The van der Waals surface area contributed by atoms with Crippen LogP contribution in [0.1, 0.15) is 13.3 Å². The first-order valence-electron chi connectivity index (χ1n) is 3.45. The van der Waals surface area contributed by atoms with Crippen molar-refractivity contribution in [3.8, 4) is 0 Å². The van der Waals surface area contributed by atoms with E-state index in [1.54, 1.807) is 6.08 Å². The van der Waals surface area contributed by atoms with Gasteiger partial charge < -0.3 is 15.2 Å². The molecule has 1 rings (SSSR count). The molecule has 12 heavy (non-hydrogen) atoms. The second kappa shape index (κ2) is 5.57. The first-order chi connectivity index (χ1) is 5.54. The van der Waals surface area contributed by atoms with Gasteiger partial charge >= 0.3 is 7.12 Å². The Bertz CT molecular complexity index is 203. The van der Waals surface area contributed by atoms with Crippen LogP contribution in [0.2, 0.25) is 0 Å². The van der Waals surface area contributed by atoms with Crippen LogP contribution in [-0.4, -0.2) is 28.2 Å². The lowest BCUT2D eigenvalue weighted by Crippen LogP contribution is -2.13. The summed E-state index contributed by atoms with van der Waals surface area (Å²) >= 11 is 0. The number of hydrogen-bond acceptors (Lipinski definition) is 3. The largest absolute Gasteiger partial charge is 0.484 e. The quantitative estimate of drug-likeness (QED) is 0.483. The maximum absolute atomic E-state index is 9.00. The first kappa shape index (κ1) is 10.9. The van der Waals surface area contributed by atoms with Gasteiger partial charge in [-0.2, -0.15) is 0 Å². The fourth-order valence-electron chi connectivity index (χ4n) is 0.655. The molecule has 0 aromatic carbocycles. The van der Waals surface area contributed by atoms with E-state index in [4.69, 9.17) is 19.9 Å². The lowest BCUT2D eigenvalue weighted by molar-refractivity contribution is -0.134. The van der Waals surface area contributed by atoms with Gasteiger partial charge in [0.1, 0.15) is 0 Å². The molecule has 4 nitrogen and oxygen atoms in total. The Morgan fingerprint density at radius 1 is 1.58 bits per heavy atom. The minimum absolute atomic E-state index is 0.671. The van der Waals surface area contributed by atoms with E-state index < -0.39 is 13.1 Å². The van der Waals surface area contributed by atoms with Gasteiger partial charge in [0.05, 0.1) is 0 Å². The van der Waals surface area contributed by atoms with E-state index in [9.17, 15) is 0 Å². The molecule has 0 unspecified atom stereocenters. The Balaban J connectivity index is 0.000000261. The van der Waals surface area contributed by atoms with Gasteiger partial charge in [0.15, 0.2) is 0 Å². The zero-order chi connectivity index (χ0) is 9.56. The maximum Gasteiger partial charge on any atom is 0.484 e. The van der Waals surface area contributed by atoms with E-state index in [2.05, 4.69) is 0 Å². The summed E-state index contributed by atoms with van der Waals surface area (Å²) in [5.41, 5.74) is 0.671. The van der Waals surface area contributed by atoms with Crippen molar-refractivity contribution in [3.05, 3.63) is 23.7 Å². The van der Waals surface area contributed by atoms with Crippen molar-refractivity contribution in [2.75, 3.05) is 0 Å². The Hall–Kier alpha value is -1.07. The van der Waals surface area contributed by atoms with E-state index in [-0.39, 0.29) is 0 Å². The molecule has 1 aliphatic rings. The number of rotatable bonds is 1. The zero-order valence-corrected chi connectivity index (χ0v) is 6.77. The molecule has 0 atom stereocenters. The molecule has 1 aliphatic carbocycles. The standard InChI is InChI=1S/C5H7BO2.C2H4O2/c7-6(8)5-3-1-2-4-5;1-2(3)4/h1-3,7-8H,4H2;1H3,(H,3,4). The molecule has 0 aromatic heterocycles. The molecule has 0 radical (unpaired) electrons. The van der Waals surface area contributed by atoms with Crippen LogP contribution >= 0.6 is 0 Å². The lowest BCUT2D eigenvalue weighted by Gasteiger charge is -1.94. The molecule has 0 saturated heterocycles. The van der Waals surface area contributed by atoms with Gasteiger partial charge in [-0.15, -0.1) is 0 Å². The van der Waals surface area contributed by atoms with Crippen molar-refractivity contribution < 1.29 is 19.9 Å².